The number of hydrogen-bond acceptors (Lipinski definition) is 1. The minimum atomic E-state index is 0.342. The second kappa shape index (κ2) is 2.79. The molecule has 0 aliphatic carbocycles. The van der Waals surface area contributed by atoms with Gasteiger partial charge in [0.1, 0.15) is 5.69 Å². The third kappa shape index (κ3) is 1.27. The van der Waals surface area contributed by atoms with Crippen LogP contribution in [-0.4, -0.2) is 9.78 Å². The molecule has 0 N–H and O–H groups in total. The van der Waals surface area contributed by atoms with Gasteiger partial charge in [-0.05, 0) is 20.8 Å². The number of aromatic nitrogens is 2. The highest BCUT2D eigenvalue weighted by atomic mass is 15.3. The first kappa shape index (κ1) is 7.87. The SMILES string of the molecule is C#Cc1c(C)cnn1C(C)C. The van der Waals surface area contributed by atoms with Crippen LogP contribution in [0.15, 0.2) is 6.20 Å². The van der Waals surface area contributed by atoms with E-state index in [-0.39, 0.29) is 0 Å². The molecule has 0 aliphatic rings. The maximum atomic E-state index is 5.32. The summed E-state index contributed by atoms with van der Waals surface area (Å²) in [5.74, 6) is 2.63. The molecular formula is C9H12N2. The first-order valence-corrected chi connectivity index (χ1v) is 3.67. The molecule has 0 spiro atoms. The predicted octanol–water partition coefficient (Wildman–Crippen LogP) is 1.75. The van der Waals surface area contributed by atoms with Crippen molar-refractivity contribution in [1.29, 1.82) is 0 Å². The van der Waals surface area contributed by atoms with Gasteiger partial charge in [-0.2, -0.15) is 5.10 Å². The maximum Gasteiger partial charge on any atom is 0.114 e. The first-order chi connectivity index (χ1) is 5.16. The average Bonchev–Trinajstić information content (AvgIpc) is 2.30. The van der Waals surface area contributed by atoms with Crippen molar-refractivity contribution in [1.82, 2.24) is 9.78 Å². The molecule has 0 atom stereocenters. The molecule has 1 heterocycles. The van der Waals surface area contributed by atoms with E-state index < -0.39 is 0 Å². The third-order valence-corrected chi connectivity index (χ3v) is 1.60. The van der Waals surface area contributed by atoms with Gasteiger partial charge in [-0.1, -0.05) is 5.92 Å². The Balaban J connectivity index is 3.19. The lowest BCUT2D eigenvalue weighted by molar-refractivity contribution is 0.527. The second-order valence-corrected chi connectivity index (χ2v) is 2.86. The van der Waals surface area contributed by atoms with Crippen LogP contribution in [0.4, 0.5) is 0 Å². The summed E-state index contributed by atoms with van der Waals surface area (Å²) in [6.45, 7) is 6.10. The molecule has 11 heavy (non-hydrogen) atoms. The third-order valence-electron chi connectivity index (χ3n) is 1.60. The van der Waals surface area contributed by atoms with Crippen LogP contribution >= 0.6 is 0 Å². The molecule has 0 aliphatic heterocycles. The molecule has 0 bridgehead atoms. The maximum absolute atomic E-state index is 5.32. The minimum Gasteiger partial charge on any atom is -0.254 e. The molecule has 0 radical (unpaired) electrons. The van der Waals surface area contributed by atoms with Gasteiger partial charge < -0.3 is 0 Å². The van der Waals surface area contributed by atoms with Crippen molar-refractivity contribution in [2.75, 3.05) is 0 Å². The normalized spacial score (nSPS) is 10.1. The van der Waals surface area contributed by atoms with Gasteiger partial charge in [0.2, 0.25) is 0 Å². The van der Waals surface area contributed by atoms with Crippen LogP contribution in [0.1, 0.15) is 31.1 Å². The van der Waals surface area contributed by atoms with E-state index >= 15 is 0 Å². The van der Waals surface area contributed by atoms with Crippen molar-refractivity contribution in [2.24, 2.45) is 0 Å². The van der Waals surface area contributed by atoms with Crippen LogP contribution in [0.25, 0.3) is 0 Å². The first-order valence-electron chi connectivity index (χ1n) is 3.67. The molecule has 0 amide bonds. The standard InChI is InChI=1S/C9H12N2/c1-5-9-8(4)6-10-11(9)7(2)3/h1,6-7H,2-4H3. The van der Waals surface area contributed by atoms with Gasteiger partial charge in [0.05, 0.1) is 6.20 Å². The highest BCUT2D eigenvalue weighted by molar-refractivity contribution is 5.32. The summed E-state index contributed by atoms with van der Waals surface area (Å²) in [6, 6.07) is 0.342. The van der Waals surface area contributed by atoms with Crippen LogP contribution in [0.3, 0.4) is 0 Å². The fourth-order valence-corrected chi connectivity index (χ4v) is 1.02. The van der Waals surface area contributed by atoms with E-state index in [0.717, 1.165) is 11.3 Å². The largest absolute Gasteiger partial charge is 0.254 e. The van der Waals surface area contributed by atoms with Crippen LogP contribution in [0, 0.1) is 19.3 Å². The Morgan fingerprint density at radius 1 is 1.64 bits per heavy atom. The van der Waals surface area contributed by atoms with Crippen LogP contribution in [0.2, 0.25) is 0 Å². The van der Waals surface area contributed by atoms with Crippen LogP contribution in [-0.2, 0) is 0 Å². The van der Waals surface area contributed by atoms with Gasteiger partial charge in [0, 0.05) is 11.6 Å². The van der Waals surface area contributed by atoms with E-state index in [1.165, 1.54) is 0 Å². The van der Waals surface area contributed by atoms with E-state index in [4.69, 9.17) is 6.42 Å². The summed E-state index contributed by atoms with van der Waals surface area (Å²) in [5.41, 5.74) is 1.96. The fourth-order valence-electron chi connectivity index (χ4n) is 1.02. The number of aryl methyl sites for hydroxylation is 1. The van der Waals surface area contributed by atoms with Gasteiger partial charge in [-0.3, -0.25) is 4.68 Å². The molecule has 0 unspecified atom stereocenters. The summed E-state index contributed by atoms with van der Waals surface area (Å²) in [4.78, 5) is 0. The number of nitrogens with zero attached hydrogens (tertiary/aromatic N) is 2. The van der Waals surface area contributed by atoms with Crippen molar-refractivity contribution in [2.45, 2.75) is 26.8 Å². The van der Waals surface area contributed by atoms with Gasteiger partial charge in [0.15, 0.2) is 0 Å². The van der Waals surface area contributed by atoms with E-state index in [2.05, 4.69) is 24.9 Å². The van der Waals surface area contributed by atoms with Crippen molar-refractivity contribution < 1.29 is 0 Å². The molecular weight excluding hydrogens is 136 g/mol. The summed E-state index contributed by atoms with van der Waals surface area (Å²) in [6.07, 6.45) is 7.12. The predicted molar refractivity (Wildman–Crippen MR) is 45.3 cm³/mol. The van der Waals surface area contributed by atoms with E-state index in [1.54, 1.807) is 6.20 Å². The Hall–Kier alpha value is -1.23. The summed E-state index contributed by atoms with van der Waals surface area (Å²) in [7, 11) is 0. The lowest BCUT2D eigenvalue weighted by Crippen LogP contribution is -2.05. The summed E-state index contributed by atoms with van der Waals surface area (Å²) >= 11 is 0. The highest BCUT2D eigenvalue weighted by Gasteiger charge is 2.06. The lowest BCUT2D eigenvalue weighted by Gasteiger charge is -2.06. The Bertz CT molecular complexity index is 289. The summed E-state index contributed by atoms with van der Waals surface area (Å²) in [5, 5.41) is 4.16. The molecule has 0 saturated heterocycles. The molecule has 2 heteroatoms. The Labute approximate surface area is 67.2 Å². The van der Waals surface area contributed by atoms with Gasteiger partial charge in [-0.25, -0.2) is 0 Å². The smallest absolute Gasteiger partial charge is 0.114 e. The van der Waals surface area contributed by atoms with Gasteiger partial charge in [-0.15, -0.1) is 6.42 Å². The number of rotatable bonds is 1. The zero-order chi connectivity index (χ0) is 8.43. The van der Waals surface area contributed by atoms with Gasteiger partial charge >= 0.3 is 0 Å². The molecule has 58 valence electrons. The zero-order valence-electron chi connectivity index (χ0n) is 7.13. The highest BCUT2D eigenvalue weighted by Crippen LogP contribution is 2.10. The Morgan fingerprint density at radius 2 is 2.27 bits per heavy atom. The van der Waals surface area contributed by atoms with Crippen molar-refractivity contribution in [3.63, 3.8) is 0 Å². The molecule has 2 nitrogen and oxygen atoms in total. The van der Waals surface area contributed by atoms with Crippen molar-refractivity contribution >= 4 is 0 Å². The Kier molecular flexibility index (Phi) is 2.00. The lowest BCUT2D eigenvalue weighted by atomic mass is 10.2. The van der Waals surface area contributed by atoms with E-state index in [9.17, 15) is 0 Å². The molecule has 1 rings (SSSR count). The summed E-state index contributed by atoms with van der Waals surface area (Å²) < 4.78 is 1.86. The van der Waals surface area contributed by atoms with Crippen LogP contribution in [0.5, 0.6) is 0 Å². The van der Waals surface area contributed by atoms with E-state index in [1.807, 2.05) is 11.6 Å². The molecule has 0 fully saturated rings. The molecule has 0 saturated carbocycles. The van der Waals surface area contributed by atoms with Crippen molar-refractivity contribution in [3.8, 4) is 12.3 Å². The van der Waals surface area contributed by atoms with Gasteiger partial charge in [0.25, 0.3) is 0 Å². The van der Waals surface area contributed by atoms with Crippen LogP contribution < -0.4 is 0 Å². The molecule has 0 aromatic carbocycles. The van der Waals surface area contributed by atoms with Crippen molar-refractivity contribution in [3.05, 3.63) is 17.5 Å². The fraction of sp³-hybridized carbons (Fsp3) is 0.444. The topological polar surface area (TPSA) is 17.8 Å². The van der Waals surface area contributed by atoms with E-state index in [0.29, 0.717) is 6.04 Å². The Morgan fingerprint density at radius 3 is 2.64 bits per heavy atom. The monoisotopic (exact) mass is 148 g/mol. The second-order valence-electron chi connectivity index (χ2n) is 2.86. The number of terminal acetylenes is 1. The zero-order valence-corrected chi connectivity index (χ0v) is 7.13. The molecule has 1 aromatic heterocycles. The molecule has 1 aromatic rings. The quantitative estimate of drug-likeness (QED) is 0.555. The minimum absolute atomic E-state index is 0.342. The number of hydrogen-bond donors (Lipinski definition) is 0. The average molecular weight is 148 g/mol.